The summed E-state index contributed by atoms with van der Waals surface area (Å²) in [5.41, 5.74) is 0. The number of phosphoric ester groups is 1. The number of aliphatic hydroxyl groups is 7. The summed E-state index contributed by atoms with van der Waals surface area (Å²) in [5, 5.41) is 70.2. The van der Waals surface area contributed by atoms with E-state index in [4.69, 9.17) is 28.6 Å². The first-order chi connectivity index (χ1) is 15.8. The number of phosphoric acid groups is 1. The van der Waals surface area contributed by atoms with Gasteiger partial charge in [0, 0.05) is 6.61 Å². The first-order valence-corrected chi connectivity index (χ1v) is 12.0. The number of ether oxygens (including phenoxy) is 5. The Balaban J connectivity index is 0.00000432. The molecule has 3 rings (SSSR count). The molecule has 0 aromatic heterocycles. The van der Waals surface area contributed by atoms with Gasteiger partial charge in [-0.2, -0.15) is 0 Å². The minimum absolute atomic E-state index is 0. The Labute approximate surface area is 221 Å². The van der Waals surface area contributed by atoms with Gasteiger partial charge in [-0.15, -0.1) is 0 Å². The van der Waals surface area contributed by atoms with Gasteiger partial charge < -0.3 is 73.7 Å². The summed E-state index contributed by atoms with van der Waals surface area (Å²) in [6, 6.07) is 0. The molecular weight excluding hydrogens is 514 g/mol. The van der Waals surface area contributed by atoms with Gasteiger partial charge in [-0.1, -0.05) is 0 Å². The van der Waals surface area contributed by atoms with Crippen molar-refractivity contribution in [1.82, 2.24) is 0 Å². The monoisotopic (exact) mass is 544 g/mol. The average Bonchev–Trinajstić information content (AvgIpc) is 2.77. The smallest absolute Gasteiger partial charge is 0.756 e. The summed E-state index contributed by atoms with van der Waals surface area (Å²) >= 11 is 0. The number of hydrogen-bond donors (Lipinski definition) is 8. The standard InChI is InChI=1S/C17H31O16P.Na/c1-5-8(19)9(20)11(22)16(29-5)30-6-2-3-28-7(4-18)13(6)31-17-12(23)10(21)14(15(24)32-17)33-34(25,26)27;/h5-24H,2-4H2,1H3,(H2,25,26,27);/q;+1/p-1/t5-,6+,7+,8+,9+,10+,11-,12+,13-,14+,15-,16-,17+;/m0./s1. The van der Waals surface area contributed by atoms with Crippen LogP contribution in [0.1, 0.15) is 13.3 Å². The summed E-state index contributed by atoms with van der Waals surface area (Å²) in [6.07, 6.45) is -20.2. The van der Waals surface area contributed by atoms with E-state index < -0.39 is 94.3 Å². The van der Waals surface area contributed by atoms with Crippen LogP contribution < -0.4 is 34.5 Å². The maximum Gasteiger partial charge on any atom is 1.00 e. The molecule has 0 aromatic rings. The van der Waals surface area contributed by atoms with Gasteiger partial charge in [0.25, 0.3) is 7.82 Å². The van der Waals surface area contributed by atoms with Gasteiger partial charge in [0.05, 0.1) is 18.8 Å². The average molecular weight is 544 g/mol. The van der Waals surface area contributed by atoms with E-state index in [1.165, 1.54) is 6.92 Å². The number of hydrogen-bond acceptors (Lipinski definition) is 15. The maximum absolute atomic E-state index is 10.9. The quantitative estimate of drug-likeness (QED) is 0.109. The molecule has 0 bridgehead atoms. The van der Waals surface area contributed by atoms with Crippen LogP contribution in [0.25, 0.3) is 0 Å². The maximum atomic E-state index is 10.9. The molecule has 16 nitrogen and oxygen atoms in total. The molecule has 3 aliphatic rings. The normalized spacial score (nSPS) is 48.6. The minimum atomic E-state index is -5.41. The van der Waals surface area contributed by atoms with Crippen molar-refractivity contribution in [2.75, 3.05) is 13.2 Å². The predicted octanol–water partition coefficient (Wildman–Crippen LogP) is -8.39. The van der Waals surface area contributed by atoms with Gasteiger partial charge in [-0.05, 0) is 13.3 Å². The van der Waals surface area contributed by atoms with Crippen LogP contribution in [0.5, 0.6) is 0 Å². The number of rotatable bonds is 7. The van der Waals surface area contributed by atoms with Crippen LogP contribution in [0.2, 0.25) is 0 Å². The van der Waals surface area contributed by atoms with Crippen LogP contribution in [0.15, 0.2) is 0 Å². The van der Waals surface area contributed by atoms with Gasteiger partial charge in [0.2, 0.25) is 0 Å². The van der Waals surface area contributed by atoms with E-state index in [-0.39, 0.29) is 42.6 Å². The van der Waals surface area contributed by atoms with Gasteiger partial charge >= 0.3 is 29.6 Å². The van der Waals surface area contributed by atoms with E-state index >= 15 is 0 Å². The molecule has 14 atom stereocenters. The second-order valence-corrected chi connectivity index (χ2v) is 9.40. The van der Waals surface area contributed by atoms with Crippen molar-refractivity contribution in [3.8, 4) is 0 Å². The van der Waals surface area contributed by atoms with Crippen molar-refractivity contribution in [1.29, 1.82) is 0 Å². The van der Waals surface area contributed by atoms with E-state index in [1.807, 2.05) is 0 Å². The zero-order valence-corrected chi connectivity index (χ0v) is 21.8. The predicted molar refractivity (Wildman–Crippen MR) is 101 cm³/mol. The van der Waals surface area contributed by atoms with E-state index in [1.54, 1.807) is 0 Å². The molecule has 0 saturated carbocycles. The second kappa shape index (κ2) is 13.1. The molecule has 35 heavy (non-hydrogen) atoms. The van der Waals surface area contributed by atoms with E-state index in [0.29, 0.717) is 0 Å². The van der Waals surface area contributed by atoms with Gasteiger partial charge in [-0.25, -0.2) is 0 Å². The molecule has 0 aliphatic carbocycles. The molecule has 0 aromatic carbocycles. The van der Waals surface area contributed by atoms with Crippen molar-refractivity contribution in [3.63, 3.8) is 0 Å². The molecule has 1 unspecified atom stereocenters. The molecule has 0 radical (unpaired) electrons. The summed E-state index contributed by atoms with van der Waals surface area (Å²) < 4.78 is 42.3. The Morgan fingerprint density at radius 2 is 1.51 bits per heavy atom. The largest absolute Gasteiger partial charge is 1.00 e. The van der Waals surface area contributed by atoms with E-state index in [9.17, 15) is 45.2 Å². The molecule has 18 heteroatoms. The zero-order valence-electron chi connectivity index (χ0n) is 18.9. The molecule has 0 spiro atoms. The third-order valence-electron chi connectivity index (χ3n) is 5.83. The van der Waals surface area contributed by atoms with Crippen LogP contribution in [-0.4, -0.2) is 134 Å². The van der Waals surface area contributed by atoms with Crippen LogP contribution in [0.4, 0.5) is 0 Å². The van der Waals surface area contributed by atoms with Crippen LogP contribution in [0.3, 0.4) is 0 Å². The van der Waals surface area contributed by atoms with E-state index in [2.05, 4.69) is 4.52 Å². The first-order valence-electron chi connectivity index (χ1n) is 10.5. The van der Waals surface area contributed by atoms with Crippen LogP contribution in [-0.2, 0) is 32.8 Å². The van der Waals surface area contributed by atoms with Gasteiger partial charge in [0.1, 0.15) is 48.8 Å². The fourth-order valence-corrected chi connectivity index (χ4v) is 4.50. The number of aliphatic hydroxyl groups excluding tert-OH is 7. The molecule has 200 valence electrons. The van der Waals surface area contributed by atoms with E-state index in [0.717, 1.165) is 0 Å². The van der Waals surface area contributed by atoms with Crippen molar-refractivity contribution < 1.29 is 108 Å². The Bertz CT molecular complexity index is 714. The summed E-state index contributed by atoms with van der Waals surface area (Å²) in [6.45, 7) is 0.926. The third-order valence-corrected chi connectivity index (χ3v) is 6.34. The molecule has 0 amide bonds. The van der Waals surface area contributed by atoms with Crippen molar-refractivity contribution >= 4 is 7.82 Å². The topological polar surface area (TPSA) is 257 Å². The molecule has 8 N–H and O–H groups in total. The molecule has 3 fully saturated rings. The van der Waals surface area contributed by atoms with Crippen molar-refractivity contribution in [3.05, 3.63) is 0 Å². The summed E-state index contributed by atoms with van der Waals surface area (Å²) in [4.78, 5) is 19.8. The van der Waals surface area contributed by atoms with Gasteiger partial charge in [0.15, 0.2) is 18.9 Å². The summed E-state index contributed by atoms with van der Waals surface area (Å²) in [7, 11) is -5.41. The molecule has 3 heterocycles. The fourth-order valence-electron chi connectivity index (χ4n) is 3.96. The first kappa shape index (κ1) is 31.8. The minimum Gasteiger partial charge on any atom is -0.756 e. The van der Waals surface area contributed by atoms with Crippen molar-refractivity contribution in [2.24, 2.45) is 0 Å². The second-order valence-electron chi connectivity index (χ2n) is 8.25. The SMILES string of the molecule is C[C@@H]1O[C@@H](O[C@@H]2CCO[C@H](CO)[C@H]2O[C@@H]2O[C@H](O)[C@H](OP(=O)([O-])O)[C@H](O)[C@H]2O)[C@@H](O)[C@H](O)[C@@H]1O.[Na+]. The zero-order chi connectivity index (χ0) is 25.4. The van der Waals surface area contributed by atoms with Crippen LogP contribution >= 0.6 is 7.82 Å². The third kappa shape index (κ3) is 7.60. The Hall–Kier alpha value is 0.630. The van der Waals surface area contributed by atoms with Crippen molar-refractivity contribution in [2.45, 2.75) is 93.3 Å². The van der Waals surface area contributed by atoms with Gasteiger partial charge in [-0.3, -0.25) is 4.57 Å². The molecule has 3 saturated heterocycles. The molecular formula is C17H30NaO16P. The fraction of sp³-hybridized carbons (Fsp3) is 1.00. The summed E-state index contributed by atoms with van der Waals surface area (Å²) in [5.74, 6) is 0. The Morgan fingerprint density at radius 1 is 0.914 bits per heavy atom. The Kier molecular flexibility index (Phi) is 11.9. The molecule has 3 aliphatic heterocycles. The van der Waals surface area contributed by atoms with Crippen LogP contribution in [0, 0.1) is 0 Å². The Morgan fingerprint density at radius 3 is 2.11 bits per heavy atom.